The van der Waals surface area contributed by atoms with Crippen LogP contribution in [0.25, 0.3) is 10.9 Å². The number of pyridine rings is 1. The minimum absolute atomic E-state index is 0.407. The molecule has 1 aromatic carbocycles. The number of ether oxygens (including phenoxy) is 1. The zero-order valence-corrected chi connectivity index (χ0v) is 13.7. The summed E-state index contributed by atoms with van der Waals surface area (Å²) in [5, 5.41) is 1.73. The fraction of sp³-hybridized carbons (Fsp3) is 0.278. The summed E-state index contributed by atoms with van der Waals surface area (Å²) in [6.07, 6.45) is 1.79. The van der Waals surface area contributed by atoms with Gasteiger partial charge in [0.1, 0.15) is 12.4 Å². The first-order valence-corrected chi connectivity index (χ1v) is 7.77. The molecular weight excluding hydrogens is 296 g/mol. The number of halogens is 1. The fourth-order valence-electron chi connectivity index (χ4n) is 2.41. The molecule has 0 spiro atoms. The third kappa shape index (κ3) is 3.09. The van der Waals surface area contributed by atoms with E-state index in [0.29, 0.717) is 23.3 Å². The second-order valence-electron chi connectivity index (χ2n) is 5.86. The predicted octanol–water partition coefficient (Wildman–Crippen LogP) is 5.23. The molecule has 3 aromatic rings. The second kappa shape index (κ2) is 6.01. The lowest BCUT2D eigenvalue weighted by molar-refractivity contribution is 0.302. The minimum Gasteiger partial charge on any atom is -0.486 e. The minimum atomic E-state index is 0.407. The van der Waals surface area contributed by atoms with Gasteiger partial charge < -0.3 is 9.72 Å². The molecular formula is C18H19ClN2O. The van der Waals surface area contributed by atoms with Crippen molar-refractivity contribution in [3.63, 3.8) is 0 Å². The molecule has 3 rings (SSSR count). The lowest BCUT2D eigenvalue weighted by atomic mass is 10.1. The Morgan fingerprint density at radius 3 is 2.77 bits per heavy atom. The number of rotatable bonds is 4. The molecule has 114 valence electrons. The number of aromatic nitrogens is 2. The van der Waals surface area contributed by atoms with Crippen molar-refractivity contribution in [3.05, 3.63) is 58.5 Å². The number of aromatic amines is 1. The molecule has 2 aromatic heterocycles. The van der Waals surface area contributed by atoms with E-state index in [1.54, 1.807) is 6.20 Å². The van der Waals surface area contributed by atoms with Crippen molar-refractivity contribution in [2.24, 2.45) is 0 Å². The van der Waals surface area contributed by atoms with Gasteiger partial charge in [-0.3, -0.25) is 4.98 Å². The highest BCUT2D eigenvalue weighted by Crippen LogP contribution is 2.32. The Morgan fingerprint density at radius 1 is 1.23 bits per heavy atom. The molecule has 0 aliphatic heterocycles. The highest BCUT2D eigenvalue weighted by atomic mass is 35.5. The molecule has 0 saturated heterocycles. The summed E-state index contributed by atoms with van der Waals surface area (Å²) in [5.41, 5.74) is 4.30. The summed E-state index contributed by atoms with van der Waals surface area (Å²) in [4.78, 5) is 7.71. The van der Waals surface area contributed by atoms with E-state index >= 15 is 0 Å². The van der Waals surface area contributed by atoms with Crippen LogP contribution in [0.15, 0.2) is 36.5 Å². The topological polar surface area (TPSA) is 37.9 Å². The first-order valence-electron chi connectivity index (χ1n) is 7.39. The van der Waals surface area contributed by atoms with Gasteiger partial charge in [0, 0.05) is 28.9 Å². The second-order valence-corrected chi connectivity index (χ2v) is 6.27. The van der Waals surface area contributed by atoms with E-state index in [4.69, 9.17) is 16.3 Å². The monoisotopic (exact) mass is 314 g/mol. The molecule has 4 heteroatoms. The van der Waals surface area contributed by atoms with Gasteiger partial charge in [0.05, 0.1) is 10.7 Å². The van der Waals surface area contributed by atoms with Crippen LogP contribution >= 0.6 is 11.6 Å². The standard InChI is InChI=1S/C18H19ClN2O/c1-11(2)16-8-13-7-15(19)18(9-17(13)21-16)22-10-14-6-12(3)4-5-20-14/h4-9,11,21H,10H2,1-3H3. The number of benzene rings is 1. The lowest BCUT2D eigenvalue weighted by Crippen LogP contribution is -1.98. The fourth-order valence-corrected chi connectivity index (χ4v) is 2.63. The summed E-state index contributed by atoms with van der Waals surface area (Å²) >= 11 is 6.33. The zero-order valence-electron chi connectivity index (χ0n) is 13.0. The van der Waals surface area contributed by atoms with E-state index in [2.05, 4.69) is 29.9 Å². The molecule has 1 N–H and O–H groups in total. The van der Waals surface area contributed by atoms with Gasteiger partial charge in [-0.15, -0.1) is 0 Å². The summed E-state index contributed by atoms with van der Waals surface area (Å²) in [6, 6.07) is 10.0. The van der Waals surface area contributed by atoms with Gasteiger partial charge in [-0.2, -0.15) is 0 Å². The van der Waals surface area contributed by atoms with E-state index in [-0.39, 0.29) is 0 Å². The van der Waals surface area contributed by atoms with Crippen molar-refractivity contribution in [1.82, 2.24) is 9.97 Å². The van der Waals surface area contributed by atoms with Crippen molar-refractivity contribution in [3.8, 4) is 5.75 Å². The van der Waals surface area contributed by atoms with Crippen LogP contribution in [0.5, 0.6) is 5.75 Å². The predicted molar refractivity (Wildman–Crippen MR) is 90.7 cm³/mol. The molecule has 0 atom stereocenters. The number of nitrogens with zero attached hydrogens (tertiary/aromatic N) is 1. The van der Waals surface area contributed by atoms with Crippen LogP contribution in [0.4, 0.5) is 0 Å². The van der Waals surface area contributed by atoms with Crippen LogP contribution in [-0.4, -0.2) is 9.97 Å². The maximum absolute atomic E-state index is 6.33. The van der Waals surface area contributed by atoms with Crippen LogP contribution < -0.4 is 4.74 Å². The SMILES string of the molecule is Cc1ccnc(COc2cc3[nH]c(C(C)C)cc3cc2Cl)c1. The van der Waals surface area contributed by atoms with Gasteiger partial charge in [-0.1, -0.05) is 25.4 Å². The molecule has 2 heterocycles. The van der Waals surface area contributed by atoms with Crippen molar-refractivity contribution in [2.75, 3.05) is 0 Å². The normalized spacial score (nSPS) is 11.3. The van der Waals surface area contributed by atoms with Crippen LogP contribution in [0.2, 0.25) is 5.02 Å². The summed E-state index contributed by atoms with van der Waals surface area (Å²) < 4.78 is 5.84. The number of fused-ring (bicyclic) bond motifs is 1. The molecule has 22 heavy (non-hydrogen) atoms. The third-order valence-electron chi connectivity index (χ3n) is 3.66. The van der Waals surface area contributed by atoms with Crippen LogP contribution in [0, 0.1) is 6.92 Å². The highest BCUT2D eigenvalue weighted by molar-refractivity contribution is 6.32. The first-order chi connectivity index (χ1) is 10.5. The van der Waals surface area contributed by atoms with Gasteiger partial charge >= 0.3 is 0 Å². The van der Waals surface area contributed by atoms with E-state index in [1.165, 1.54) is 11.3 Å². The largest absolute Gasteiger partial charge is 0.486 e. The Balaban J connectivity index is 1.85. The smallest absolute Gasteiger partial charge is 0.140 e. The van der Waals surface area contributed by atoms with E-state index < -0.39 is 0 Å². The molecule has 3 nitrogen and oxygen atoms in total. The van der Waals surface area contributed by atoms with Crippen molar-refractivity contribution in [2.45, 2.75) is 33.3 Å². The average Bonchev–Trinajstić information content (AvgIpc) is 2.88. The number of H-pyrrole nitrogens is 1. The Kier molecular flexibility index (Phi) is 4.08. The van der Waals surface area contributed by atoms with Crippen LogP contribution in [0.3, 0.4) is 0 Å². The van der Waals surface area contributed by atoms with Crippen molar-refractivity contribution < 1.29 is 4.74 Å². The molecule has 0 aliphatic rings. The van der Waals surface area contributed by atoms with Crippen molar-refractivity contribution >= 4 is 22.5 Å². The Bertz CT molecular complexity index is 808. The number of hydrogen-bond donors (Lipinski definition) is 1. The molecule has 0 radical (unpaired) electrons. The Labute approximate surface area is 135 Å². The van der Waals surface area contributed by atoms with Crippen molar-refractivity contribution in [1.29, 1.82) is 0 Å². The number of hydrogen-bond acceptors (Lipinski definition) is 2. The maximum atomic E-state index is 6.33. The maximum Gasteiger partial charge on any atom is 0.140 e. The quantitative estimate of drug-likeness (QED) is 0.716. The number of nitrogens with one attached hydrogen (secondary N) is 1. The molecule has 0 unspecified atom stereocenters. The van der Waals surface area contributed by atoms with E-state index in [1.807, 2.05) is 31.2 Å². The molecule has 0 aliphatic carbocycles. The highest BCUT2D eigenvalue weighted by Gasteiger charge is 2.09. The van der Waals surface area contributed by atoms with Crippen LogP contribution in [0.1, 0.15) is 36.7 Å². The Hall–Kier alpha value is -2.00. The molecule has 0 amide bonds. The Morgan fingerprint density at radius 2 is 2.05 bits per heavy atom. The first kappa shape index (κ1) is 14.9. The van der Waals surface area contributed by atoms with Gasteiger partial charge in [-0.25, -0.2) is 0 Å². The van der Waals surface area contributed by atoms with Gasteiger partial charge in [0.25, 0.3) is 0 Å². The summed E-state index contributed by atoms with van der Waals surface area (Å²) in [5.74, 6) is 1.13. The van der Waals surface area contributed by atoms with Gasteiger partial charge in [-0.05, 0) is 42.7 Å². The lowest BCUT2D eigenvalue weighted by Gasteiger charge is -2.08. The zero-order chi connectivity index (χ0) is 15.7. The third-order valence-corrected chi connectivity index (χ3v) is 3.96. The average molecular weight is 315 g/mol. The molecule has 0 saturated carbocycles. The van der Waals surface area contributed by atoms with E-state index in [9.17, 15) is 0 Å². The molecule has 0 bridgehead atoms. The van der Waals surface area contributed by atoms with Gasteiger partial charge in [0.15, 0.2) is 0 Å². The summed E-state index contributed by atoms with van der Waals surface area (Å²) in [6.45, 7) is 6.77. The summed E-state index contributed by atoms with van der Waals surface area (Å²) in [7, 11) is 0. The van der Waals surface area contributed by atoms with Gasteiger partial charge in [0.2, 0.25) is 0 Å². The number of aryl methyl sites for hydroxylation is 1. The van der Waals surface area contributed by atoms with Crippen LogP contribution in [-0.2, 0) is 6.61 Å². The van der Waals surface area contributed by atoms with E-state index in [0.717, 1.165) is 16.6 Å². The molecule has 0 fully saturated rings.